The number of rotatable bonds is 14. The molecule has 0 aliphatic heterocycles. The predicted molar refractivity (Wildman–Crippen MR) is 169 cm³/mol. The number of ketones is 1. The summed E-state index contributed by atoms with van der Waals surface area (Å²) in [6, 6.07) is 0. The third kappa shape index (κ3) is 6.38. The van der Waals surface area contributed by atoms with E-state index in [-0.39, 0.29) is 19.4 Å². The highest BCUT2D eigenvalue weighted by Gasteiger charge is 2.85. The largest absolute Gasteiger partial charge is 0.465 e. The van der Waals surface area contributed by atoms with Gasteiger partial charge in [0, 0.05) is 42.6 Å². The number of unbranched alkanes of at least 4 members (excludes halogenated alkanes) is 5. The lowest BCUT2D eigenvalue weighted by molar-refractivity contribution is -0.185. The first-order valence-corrected chi connectivity index (χ1v) is 16.6. The Morgan fingerprint density at radius 3 is 2.47 bits per heavy atom. The second-order valence-electron chi connectivity index (χ2n) is 14.1. The van der Waals surface area contributed by atoms with Gasteiger partial charge >= 0.3 is 11.9 Å². The van der Waals surface area contributed by atoms with Gasteiger partial charge in [-0.2, -0.15) is 0 Å². The lowest BCUT2D eigenvalue weighted by Gasteiger charge is -2.50. The summed E-state index contributed by atoms with van der Waals surface area (Å²) in [5.74, 6) is -4.29. The smallest absolute Gasteiger partial charge is 0.331 e. The second kappa shape index (κ2) is 13.6. The lowest BCUT2D eigenvalue weighted by atomic mass is 9.60. The predicted octanol–water partition coefficient (Wildman–Crippen LogP) is 4.28. The molecule has 250 valence electrons. The van der Waals surface area contributed by atoms with E-state index in [0.29, 0.717) is 17.6 Å². The number of ether oxygens (including phenoxy) is 2. The molecule has 9 atom stereocenters. The average molecular weight is 629 g/mol. The summed E-state index contributed by atoms with van der Waals surface area (Å²) in [4.78, 5) is 38.3. The van der Waals surface area contributed by atoms with Gasteiger partial charge in [0.1, 0.15) is 17.8 Å². The minimum absolute atomic E-state index is 0.0567. The Labute approximate surface area is 267 Å². The van der Waals surface area contributed by atoms with E-state index in [0.717, 1.165) is 12.8 Å². The molecule has 4 N–H and O–H groups in total. The third-order valence-corrected chi connectivity index (χ3v) is 11.0. The monoisotopic (exact) mass is 628 g/mol. The van der Waals surface area contributed by atoms with E-state index in [1.165, 1.54) is 44.8 Å². The number of esters is 2. The Bertz CT molecular complexity index is 1260. The highest BCUT2D eigenvalue weighted by Crippen LogP contribution is 2.76. The number of aliphatic hydroxyl groups excluding tert-OH is 2. The zero-order valence-electron chi connectivity index (χ0n) is 27.5. The molecule has 9 nitrogen and oxygen atoms in total. The van der Waals surface area contributed by atoms with Crippen molar-refractivity contribution in [3.8, 4) is 0 Å². The van der Waals surface area contributed by atoms with Gasteiger partial charge in [-0.15, -0.1) is 0 Å². The van der Waals surface area contributed by atoms with Crippen molar-refractivity contribution in [3.05, 3.63) is 47.6 Å². The molecular formula is C36H52O9. The number of aliphatic hydroxyl groups is 4. The van der Waals surface area contributed by atoms with Crippen molar-refractivity contribution in [1.82, 2.24) is 0 Å². The van der Waals surface area contributed by atoms with Gasteiger partial charge in [-0.25, -0.2) is 4.79 Å². The van der Waals surface area contributed by atoms with Crippen LogP contribution in [0.4, 0.5) is 0 Å². The fourth-order valence-electron chi connectivity index (χ4n) is 8.64. The van der Waals surface area contributed by atoms with E-state index in [1.807, 2.05) is 13.8 Å². The van der Waals surface area contributed by atoms with Crippen LogP contribution in [0, 0.1) is 29.1 Å². The van der Waals surface area contributed by atoms with Crippen LogP contribution in [0.5, 0.6) is 0 Å². The molecule has 4 rings (SSSR count). The first-order valence-electron chi connectivity index (χ1n) is 16.6. The van der Waals surface area contributed by atoms with Gasteiger partial charge < -0.3 is 29.9 Å². The van der Waals surface area contributed by atoms with Gasteiger partial charge in [-0.05, 0) is 36.8 Å². The van der Waals surface area contributed by atoms with Crippen molar-refractivity contribution in [1.29, 1.82) is 0 Å². The van der Waals surface area contributed by atoms with E-state index in [2.05, 4.69) is 6.92 Å². The minimum Gasteiger partial charge on any atom is -0.465 e. The van der Waals surface area contributed by atoms with E-state index in [1.54, 1.807) is 31.2 Å². The topological polar surface area (TPSA) is 151 Å². The van der Waals surface area contributed by atoms with Crippen LogP contribution >= 0.6 is 0 Å². The molecule has 0 unspecified atom stereocenters. The van der Waals surface area contributed by atoms with Crippen molar-refractivity contribution in [2.75, 3.05) is 13.2 Å². The molecule has 0 saturated heterocycles. The van der Waals surface area contributed by atoms with Crippen LogP contribution in [0.15, 0.2) is 47.6 Å². The molecular weight excluding hydrogens is 576 g/mol. The first-order chi connectivity index (χ1) is 21.2. The molecule has 0 radical (unpaired) electrons. The number of Topliss-reactive ketones (excluding diaryl/α,β-unsaturated/α-hetero) is 1. The fourth-order valence-corrected chi connectivity index (χ4v) is 8.64. The van der Waals surface area contributed by atoms with Crippen molar-refractivity contribution >= 4 is 17.7 Å². The van der Waals surface area contributed by atoms with Crippen LogP contribution in [-0.4, -0.2) is 74.3 Å². The standard InChI is InChI=1S/C36H52O9/c1-6-7-8-9-10-11-14-27(39)15-12-13-16-30(40)45-35-19-24(3)36(43)28(31(35)33(35,5)22-44-25(4)38)18-26(21-37)20-34(42)29(36)17-23(2)32(34)41/h12-13,15-18,24,27-29,31,37,39,42-43H,6-11,14,19-22H2,1-5H3/b15-12+,16-13+/t24-,27+,28+,29-,31-,33-,34-,35+,36-/m1/s1. The van der Waals surface area contributed by atoms with Crippen molar-refractivity contribution in [3.63, 3.8) is 0 Å². The zero-order chi connectivity index (χ0) is 33.2. The van der Waals surface area contributed by atoms with Crippen LogP contribution in [-0.2, 0) is 23.9 Å². The van der Waals surface area contributed by atoms with Crippen molar-refractivity contribution in [2.24, 2.45) is 29.1 Å². The molecule has 0 aromatic rings. The maximum absolute atomic E-state index is 13.2. The molecule has 9 heteroatoms. The van der Waals surface area contributed by atoms with Gasteiger partial charge in [0.15, 0.2) is 5.78 Å². The number of hydrogen-bond acceptors (Lipinski definition) is 9. The minimum atomic E-state index is -1.90. The summed E-state index contributed by atoms with van der Waals surface area (Å²) >= 11 is 0. The van der Waals surface area contributed by atoms with Crippen molar-refractivity contribution < 1.29 is 44.3 Å². The molecule has 4 aliphatic carbocycles. The molecule has 45 heavy (non-hydrogen) atoms. The van der Waals surface area contributed by atoms with E-state index < -0.39 is 76.3 Å². The Morgan fingerprint density at radius 2 is 1.80 bits per heavy atom. The average Bonchev–Trinajstić information content (AvgIpc) is 3.43. The number of allylic oxidation sites excluding steroid dienone is 2. The summed E-state index contributed by atoms with van der Waals surface area (Å²) in [6.45, 7) is 8.30. The normalized spacial score (nSPS) is 37.8. The maximum Gasteiger partial charge on any atom is 0.331 e. The molecule has 2 fully saturated rings. The Kier molecular flexibility index (Phi) is 10.7. The SMILES string of the molecule is CCCCCCCC[C@H](O)/C=C/C=C/C(=O)O[C@@]12C[C@@H](C)[C@@]3(O)[C@@H](C=C(CO)C[C@]4(O)C(=O)C(C)=C[C@@H]34)[C@@H]1[C@@]2(C)COC(C)=O. The van der Waals surface area contributed by atoms with Gasteiger partial charge in [0.05, 0.1) is 18.3 Å². The number of hydrogen-bond donors (Lipinski definition) is 4. The van der Waals surface area contributed by atoms with E-state index in [4.69, 9.17) is 9.47 Å². The molecule has 0 spiro atoms. The Morgan fingerprint density at radius 1 is 1.11 bits per heavy atom. The first kappa shape index (κ1) is 35.3. The quantitative estimate of drug-likeness (QED) is 0.0727. The van der Waals surface area contributed by atoms with Crippen LogP contribution in [0.1, 0.15) is 92.4 Å². The van der Waals surface area contributed by atoms with E-state index >= 15 is 0 Å². The second-order valence-corrected chi connectivity index (χ2v) is 14.1. The molecule has 0 aromatic heterocycles. The Balaban J connectivity index is 1.55. The molecule has 0 amide bonds. The molecule has 0 heterocycles. The maximum atomic E-state index is 13.2. The molecule has 0 bridgehead atoms. The highest BCUT2D eigenvalue weighted by molar-refractivity contribution is 6.04. The van der Waals surface area contributed by atoms with Crippen LogP contribution in [0.3, 0.4) is 0 Å². The zero-order valence-corrected chi connectivity index (χ0v) is 27.5. The highest BCUT2D eigenvalue weighted by atomic mass is 16.6. The summed E-state index contributed by atoms with van der Waals surface area (Å²) in [7, 11) is 0. The van der Waals surface area contributed by atoms with Gasteiger partial charge in [-0.1, -0.05) is 89.7 Å². The Hall–Kier alpha value is -2.59. The van der Waals surface area contributed by atoms with Crippen LogP contribution < -0.4 is 0 Å². The number of carbonyl (C=O) groups excluding carboxylic acids is 3. The number of carbonyl (C=O) groups is 3. The third-order valence-electron chi connectivity index (χ3n) is 11.0. The molecule has 2 saturated carbocycles. The van der Waals surface area contributed by atoms with Crippen LogP contribution in [0.25, 0.3) is 0 Å². The van der Waals surface area contributed by atoms with Gasteiger partial charge in [0.25, 0.3) is 0 Å². The van der Waals surface area contributed by atoms with E-state index in [9.17, 15) is 34.8 Å². The van der Waals surface area contributed by atoms with Crippen LogP contribution in [0.2, 0.25) is 0 Å². The van der Waals surface area contributed by atoms with Gasteiger partial charge in [0.2, 0.25) is 0 Å². The summed E-state index contributed by atoms with van der Waals surface area (Å²) in [5, 5.41) is 44.8. The fraction of sp³-hybridized carbons (Fsp3) is 0.694. The van der Waals surface area contributed by atoms with Gasteiger partial charge in [-0.3, -0.25) is 9.59 Å². The lowest BCUT2D eigenvalue weighted by Crippen LogP contribution is -2.61. The summed E-state index contributed by atoms with van der Waals surface area (Å²) < 4.78 is 11.7. The summed E-state index contributed by atoms with van der Waals surface area (Å²) in [6.07, 6.45) is 16.4. The van der Waals surface area contributed by atoms with Crippen molar-refractivity contribution in [2.45, 2.75) is 115 Å². The number of fused-ring (bicyclic) bond motifs is 5. The molecule has 4 aliphatic rings. The summed E-state index contributed by atoms with van der Waals surface area (Å²) in [5.41, 5.74) is -4.71. The molecule has 0 aromatic carbocycles.